The van der Waals surface area contributed by atoms with E-state index in [4.69, 9.17) is 51.0 Å². The molecule has 2 amide bonds. The van der Waals surface area contributed by atoms with Crippen LogP contribution in [0.25, 0.3) is 0 Å². The summed E-state index contributed by atoms with van der Waals surface area (Å²) < 4.78 is 41.2. The Morgan fingerprint density at radius 1 is 1.33 bits per heavy atom. The zero-order valence-electron chi connectivity index (χ0n) is 26.2. The third kappa shape index (κ3) is 9.51. The smallest absolute Gasteiger partial charge is 0.759 e. The zero-order valence-corrected chi connectivity index (χ0v) is 27.7. The van der Waals surface area contributed by atoms with Gasteiger partial charge in [0.2, 0.25) is 24.3 Å². The van der Waals surface area contributed by atoms with E-state index >= 15 is 0 Å². The van der Waals surface area contributed by atoms with E-state index < -0.39 is 57.9 Å². The first-order chi connectivity index (χ1) is 22.8. The molecule has 24 nitrogen and oxygen atoms in total. The van der Waals surface area contributed by atoms with Crippen molar-refractivity contribution in [2.45, 2.75) is 24.4 Å². The van der Waals surface area contributed by atoms with Crippen molar-refractivity contribution in [3.8, 4) is 0 Å². The number of nitrogen functional groups attached to an aromatic ring is 2. The number of amides is 2. The second-order valence-electron chi connectivity index (χ2n) is 9.79. The Hall–Kier alpha value is -5.09. The van der Waals surface area contributed by atoms with Crippen LogP contribution >= 0.6 is 23.3 Å². The zero-order chi connectivity index (χ0) is 36.8. The molecule has 268 valence electrons. The van der Waals surface area contributed by atoms with E-state index in [-0.39, 0.29) is 42.2 Å². The average Bonchev–Trinajstić information content (AvgIpc) is 3.54. The molecule has 0 radical (unpaired) electrons. The molecule has 4 rings (SSSR count). The van der Waals surface area contributed by atoms with Crippen molar-refractivity contribution in [1.29, 1.82) is 5.41 Å². The highest BCUT2D eigenvalue weighted by Gasteiger charge is 2.55. The lowest BCUT2D eigenvalue weighted by Gasteiger charge is -2.49. The van der Waals surface area contributed by atoms with E-state index in [1.54, 1.807) is 22.6 Å². The molecule has 2 aliphatic rings. The van der Waals surface area contributed by atoms with E-state index in [1.807, 2.05) is 0 Å². The Kier molecular flexibility index (Phi) is 12.4. The van der Waals surface area contributed by atoms with Gasteiger partial charge in [-0.25, -0.2) is 9.59 Å². The van der Waals surface area contributed by atoms with Gasteiger partial charge in [0.05, 0.1) is 7.05 Å². The predicted octanol–water partition coefficient (Wildman–Crippen LogP) is -4.60. The third-order valence-corrected chi connectivity index (χ3v) is 8.42. The normalized spacial score (nSPS) is 17.3. The van der Waals surface area contributed by atoms with Crippen molar-refractivity contribution in [3.05, 3.63) is 23.3 Å². The summed E-state index contributed by atoms with van der Waals surface area (Å²) in [4.78, 5) is 60.6. The van der Waals surface area contributed by atoms with Gasteiger partial charge >= 0.3 is 13.4 Å². The van der Waals surface area contributed by atoms with Gasteiger partial charge in [-0.15, -0.1) is 21.1 Å². The van der Waals surface area contributed by atoms with Crippen molar-refractivity contribution in [2.75, 3.05) is 41.8 Å². The molecule has 2 aromatic rings. The molecule has 1 fully saturated rings. The van der Waals surface area contributed by atoms with Crippen LogP contribution in [0.4, 0.5) is 16.6 Å². The van der Waals surface area contributed by atoms with Gasteiger partial charge in [-0.1, -0.05) is 5.16 Å². The van der Waals surface area contributed by atoms with Gasteiger partial charge in [-0.2, -0.15) is 9.36 Å². The molecule has 2 atom stereocenters. The van der Waals surface area contributed by atoms with Crippen molar-refractivity contribution in [3.63, 3.8) is 0 Å². The molecule has 1 saturated heterocycles. The topological polar surface area (TPSA) is 392 Å². The number of guanidine groups is 1. The van der Waals surface area contributed by atoms with Crippen LogP contribution in [0.5, 0.6) is 0 Å². The number of carbonyl (C=O) groups is 4. The van der Waals surface area contributed by atoms with Crippen LogP contribution in [0.1, 0.15) is 13.7 Å². The molecule has 2 aromatic heterocycles. The summed E-state index contributed by atoms with van der Waals surface area (Å²) in [6, 6.07) is -1.14. The first-order valence-corrected chi connectivity index (χ1v) is 16.6. The lowest BCUT2D eigenvalue weighted by atomic mass is 10.0. The molecule has 0 bridgehead atoms. The monoisotopic (exact) mass is 749 g/mol. The Morgan fingerprint density at radius 2 is 1.98 bits per heavy atom. The molecule has 0 aliphatic carbocycles. The molecule has 2 aliphatic heterocycles. The lowest BCUT2D eigenvalue weighted by molar-refractivity contribution is -0.765. The molecule has 0 spiro atoms. The maximum atomic E-state index is 13.2. The van der Waals surface area contributed by atoms with E-state index in [2.05, 4.69) is 24.7 Å². The summed E-state index contributed by atoms with van der Waals surface area (Å²) in [5.74, 6) is -4.35. The Bertz CT molecular complexity index is 1810. The van der Waals surface area contributed by atoms with Crippen LogP contribution in [0, 0.1) is 5.41 Å². The van der Waals surface area contributed by atoms with E-state index in [9.17, 15) is 24.3 Å². The number of oxime groups is 1. The number of nitrogens with zero attached hydrogens (tertiary/aromatic N) is 7. The number of aliphatic carboxylic acids is 2. The fourth-order valence-electron chi connectivity index (χ4n) is 4.46. The number of carbonyl (C=O) groups excluding carboxylic acids is 2. The summed E-state index contributed by atoms with van der Waals surface area (Å²) in [6.45, 7) is -0.0917. The fourth-order valence-corrected chi connectivity index (χ4v) is 6.22. The number of hydrogen-bond donors (Lipinski definition) is 8. The second-order valence-corrected chi connectivity index (χ2v) is 12.5. The van der Waals surface area contributed by atoms with E-state index in [0.29, 0.717) is 30.8 Å². The maximum Gasteiger partial charge on any atom is 1.00 e. The minimum absolute atomic E-state index is 0. The standard InChI is InChI=1S/C22H29N13O7S2.H2O4S/c1-32-15(24)10(34(21(25)26)4-2-3-23)6-33(32)5-9-8-43-19-13(18(39)35(19)14(9)20(40)41)28-17(38)12(30-42-7-11(36)37)16-29-22(27)44-31-16;1-5(2,3)4/h6,13,19,24H,2-5,7-8,23H2,1H3,(H8,25,26,27,28,29,31,36,37,38,40,41);(H2,1,2,3,4)/t13-,19-;/m1./s1. The van der Waals surface area contributed by atoms with E-state index in [0.717, 1.165) is 16.4 Å². The summed E-state index contributed by atoms with van der Waals surface area (Å²) in [7, 11) is -3.51. The Labute approximate surface area is 286 Å². The number of anilines is 3. The third-order valence-electron chi connectivity index (χ3n) is 6.54. The van der Waals surface area contributed by atoms with Crippen LogP contribution in [0.15, 0.2) is 22.6 Å². The summed E-state index contributed by atoms with van der Waals surface area (Å²) in [5.41, 5.74) is 23.3. The van der Waals surface area contributed by atoms with Crippen molar-refractivity contribution in [1.82, 2.24) is 24.3 Å². The molecule has 0 saturated carbocycles. The highest BCUT2D eigenvalue weighted by atomic mass is 32.3. The van der Waals surface area contributed by atoms with Crippen LogP contribution in [0.3, 0.4) is 0 Å². The highest BCUT2D eigenvalue weighted by Crippen LogP contribution is 2.40. The predicted molar refractivity (Wildman–Crippen MR) is 169 cm³/mol. The van der Waals surface area contributed by atoms with Crippen molar-refractivity contribution < 1.29 is 57.9 Å². The van der Waals surface area contributed by atoms with Crippen molar-refractivity contribution in [2.24, 2.45) is 23.7 Å². The number of thioether (sulfide) groups is 1. The van der Waals surface area contributed by atoms with Crippen LogP contribution < -0.4 is 37.8 Å². The van der Waals surface area contributed by atoms with Gasteiger partial charge in [0.15, 0.2) is 29.1 Å². The first-order valence-electron chi connectivity index (χ1n) is 13.4. The van der Waals surface area contributed by atoms with E-state index in [1.165, 1.54) is 16.7 Å². The van der Waals surface area contributed by atoms with Gasteiger partial charge in [0.1, 0.15) is 17.1 Å². The largest absolute Gasteiger partial charge is 1.00 e. The van der Waals surface area contributed by atoms with Crippen molar-refractivity contribution >= 4 is 85.8 Å². The molecule has 4 heterocycles. The summed E-state index contributed by atoms with van der Waals surface area (Å²) >= 11 is 1.99. The fraction of sp³-hybridized carbons (Fsp3) is 0.409. The molecule has 0 aromatic carbocycles. The lowest BCUT2D eigenvalue weighted by Crippen LogP contribution is -2.71. The number of carboxylic acid groups (broad SMARTS) is 2. The number of β-lactam (4-membered cyclic amide) rings is 1. The van der Waals surface area contributed by atoms with Crippen LogP contribution in [-0.4, -0.2) is 119 Å². The van der Waals surface area contributed by atoms with Crippen LogP contribution in [0.2, 0.25) is 0 Å². The molecule has 0 unspecified atom stereocenters. The number of aromatic nitrogens is 4. The number of nitrogens with two attached hydrogens (primary N) is 4. The Morgan fingerprint density at radius 3 is 2.51 bits per heavy atom. The van der Waals surface area contributed by atoms with Gasteiger partial charge in [0, 0.05) is 39.8 Å². The number of fused-ring (bicyclic) bond motifs is 1. The average molecular weight is 750 g/mol. The van der Waals surface area contributed by atoms with Crippen LogP contribution in [-0.2, 0) is 48.0 Å². The van der Waals surface area contributed by atoms with Gasteiger partial charge in [-0.3, -0.25) is 28.3 Å². The molecule has 27 heteroatoms. The second kappa shape index (κ2) is 15.9. The number of rotatable bonds is 13. The Balaban J connectivity index is 0.00000135. The van der Waals surface area contributed by atoms with Gasteiger partial charge in [-0.05, 0) is 13.0 Å². The summed E-state index contributed by atoms with van der Waals surface area (Å²) in [6.07, 6.45) is 2.18. The van der Waals surface area contributed by atoms with Gasteiger partial charge in [0.25, 0.3) is 11.8 Å². The molecular weight excluding hydrogens is 719 g/mol. The molecular formula is C22H31N13O11S3. The maximum absolute atomic E-state index is 13.2. The highest BCUT2D eigenvalue weighted by molar-refractivity contribution is 8.00. The number of carboxylic acids is 2. The SMILES string of the molecule is Cn1c(N)c(N(CCCN)C(=N)N)c[n+]1CC1=C(C(=O)O)N2C(=O)[C@@H](NC(=O)C(=NOCC(=O)O)c3nsc(N)n3)[C@H]2SC1.O=S(=O)([O-])[O-].[H+]. The van der Waals surface area contributed by atoms with Gasteiger partial charge < -0.3 is 57.3 Å². The quantitative estimate of drug-likeness (QED) is 0.0182. The minimum Gasteiger partial charge on any atom is -0.759 e. The summed E-state index contributed by atoms with van der Waals surface area (Å²) in [5, 5.41) is 32.1. The molecule has 49 heavy (non-hydrogen) atoms. The molecule has 12 N–H and O–H groups in total. The minimum atomic E-state index is -5.17. The first kappa shape index (κ1) is 38.4. The number of hydrogen-bond acceptors (Lipinski definition) is 18. The number of nitrogens with one attached hydrogen (secondary N) is 2.